The minimum atomic E-state index is -0.250. The normalized spacial score (nSPS) is 23.5. The minimum absolute atomic E-state index is 0.0315. The molecule has 2 atom stereocenters. The van der Waals surface area contributed by atoms with E-state index in [4.69, 9.17) is 0 Å². The highest BCUT2D eigenvalue weighted by molar-refractivity contribution is 5.84. The van der Waals surface area contributed by atoms with Crippen molar-refractivity contribution in [3.8, 4) is 0 Å². The van der Waals surface area contributed by atoms with Gasteiger partial charge >= 0.3 is 0 Å². The smallest absolute Gasteiger partial charge is 0.227 e. The molecule has 3 saturated heterocycles. The van der Waals surface area contributed by atoms with Crippen molar-refractivity contribution < 1.29 is 14.0 Å². The van der Waals surface area contributed by atoms with E-state index >= 15 is 0 Å². The molecule has 0 aromatic heterocycles. The van der Waals surface area contributed by atoms with Crippen molar-refractivity contribution in [2.24, 2.45) is 5.92 Å². The molecular formula is C19H25FN2O2. The fourth-order valence-electron chi connectivity index (χ4n) is 3.88. The number of rotatable bonds is 4. The zero-order chi connectivity index (χ0) is 17.3. The predicted molar refractivity (Wildman–Crippen MR) is 89.9 cm³/mol. The van der Waals surface area contributed by atoms with E-state index < -0.39 is 0 Å². The van der Waals surface area contributed by atoms with Crippen LogP contribution < -0.4 is 0 Å². The van der Waals surface area contributed by atoms with Crippen LogP contribution in [0.4, 0.5) is 4.39 Å². The van der Waals surface area contributed by atoms with Crippen molar-refractivity contribution >= 4 is 11.8 Å². The van der Waals surface area contributed by atoms with Gasteiger partial charge in [-0.05, 0) is 43.4 Å². The molecule has 3 heterocycles. The zero-order valence-corrected chi connectivity index (χ0v) is 14.4. The maximum absolute atomic E-state index is 13.4. The van der Waals surface area contributed by atoms with Gasteiger partial charge in [-0.25, -0.2) is 4.39 Å². The average molecular weight is 332 g/mol. The van der Waals surface area contributed by atoms with E-state index in [0.717, 1.165) is 31.4 Å². The third-order valence-electron chi connectivity index (χ3n) is 5.19. The lowest BCUT2D eigenvalue weighted by molar-refractivity contribution is -0.139. The Morgan fingerprint density at radius 1 is 1.29 bits per heavy atom. The molecule has 3 fully saturated rings. The highest BCUT2D eigenvalue weighted by Crippen LogP contribution is 2.29. The van der Waals surface area contributed by atoms with Gasteiger partial charge in [0.05, 0.1) is 12.3 Å². The van der Waals surface area contributed by atoms with E-state index in [-0.39, 0.29) is 36.0 Å². The Hall–Kier alpha value is -1.91. The predicted octanol–water partition coefficient (Wildman–Crippen LogP) is 2.54. The molecule has 0 unspecified atom stereocenters. The van der Waals surface area contributed by atoms with Gasteiger partial charge in [-0.2, -0.15) is 0 Å². The molecule has 2 amide bonds. The van der Waals surface area contributed by atoms with Crippen molar-refractivity contribution in [3.05, 3.63) is 35.1 Å². The van der Waals surface area contributed by atoms with Crippen molar-refractivity contribution in [3.63, 3.8) is 0 Å². The van der Waals surface area contributed by atoms with Gasteiger partial charge in [-0.15, -0.1) is 0 Å². The third-order valence-corrected chi connectivity index (χ3v) is 5.19. The molecular weight excluding hydrogens is 307 g/mol. The van der Waals surface area contributed by atoms with Gasteiger partial charge in [-0.3, -0.25) is 9.59 Å². The molecule has 0 N–H and O–H groups in total. The summed E-state index contributed by atoms with van der Waals surface area (Å²) < 4.78 is 13.4. The molecule has 4 nitrogen and oxygen atoms in total. The van der Waals surface area contributed by atoms with Crippen molar-refractivity contribution in [2.75, 3.05) is 19.6 Å². The fourth-order valence-corrected chi connectivity index (χ4v) is 3.88. The van der Waals surface area contributed by atoms with E-state index in [2.05, 4.69) is 6.92 Å². The summed E-state index contributed by atoms with van der Waals surface area (Å²) in [5, 5.41) is 0. The molecule has 4 rings (SSSR count). The van der Waals surface area contributed by atoms with Crippen LogP contribution in [0.2, 0.25) is 0 Å². The topological polar surface area (TPSA) is 40.6 Å². The van der Waals surface area contributed by atoms with E-state index in [1.54, 1.807) is 19.1 Å². The first-order valence-electron chi connectivity index (χ1n) is 8.83. The largest absolute Gasteiger partial charge is 0.340 e. The second-order valence-corrected chi connectivity index (χ2v) is 7.02. The van der Waals surface area contributed by atoms with E-state index in [1.807, 2.05) is 9.80 Å². The van der Waals surface area contributed by atoms with E-state index in [1.165, 1.54) is 6.07 Å². The van der Waals surface area contributed by atoms with Crippen LogP contribution in [-0.4, -0.2) is 47.3 Å². The molecule has 3 aliphatic rings. The lowest BCUT2D eigenvalue weighted by atomic mass is 9.94. The number of nitrogens with zero attached hydrogens (tertiary/aromatic N) is 2. The lowest BCUT2D eigenvalue weighted by Crippen LogP contribution is -2.48. The van der Waals surface area contributed by atoms with Crippen molar-refractivity contribution in [2.45, 2.75) is 45.6 Å². The molecule has 0 radical (unpaired) electrons. The maximum atomic E-state index is 13.4. The molecule has 0 saturated carbocycles. The van der Waals surface area contributed by atoms with Crippen LogP contribution in [0.1, 0.15) is 37.3 Å². The summed E-state index contributed by atoms with van der Waals surface area (Å²) in [6.45, 7) is 5.71. The number of aryl methyl sites for hydroxylation is 1. The first-order valence-corrected chi connectivity index (χ1v) is 8.83. The van der Waals surface area contributed by atoms with Gasteiger partial charge in [0.15, 0.2) is 0 Å². The Bertz CT molecular complexity index is 646. The van der Waals surface area contributed by atoms with Gasteiger partial charge in [0.25, 0.3) is 0 Å². The summed E-state index contributed by atoms with van der Waals surface area (Å²) in [5.74, 6) is -0.0703. The number of hydrogen-bond donors (Lipinski definition) is 0. The van der Waals surface area contributed by atoms with E-state index in [0.29, 0.717) is 18.7 Å². The average Bonchev–Trinajstić information content (AvgIpc) is 2.84. The Kier molecular flexibility index (Phi) is 4.88. The highest BCUT2D eigenvalue weighted by atomic mass is 19.1. The Morgan fingerprint density at radius 2 is 2.08 bits per heavy atom. The van der Waals surface area contributed by atoms with Gasteiger partial charge < -0.3 is 9.80 Å². The van der Waals surface area contributed by atoms with Crippen LogP contribution in [0, 0.1) is 18.7 Å². The molecule has 1 aromatic rings. The number of benzene rings is 1. The summed E-state index contributed by atoms with van der Waals surface area (Å²) in [5.41, 5.74) is 1.38. The summed E-state index contributed by atoms with van der Waals surface area (Å²) in [7, 11) is 0. The number of fused-ring (bicyclic) bond motifs is 4. The van der Waals surface area contributed by atoms with Crippen molar-refractivity contribution in [1.82, 2.24) is 9.80 Å². The maximum Gasteiger partial charge on any atom is 0.227 e. The molecule has 0 aliphatic carbocycles. The monoisotopic (exact) mass is 332 g/mol. The molecule has 24 heavy (non-hydrogen) atoms. The lowest BCUT2D eigenvalue weighted by Gasteiger charge is -2.35. The van der Waals surface area contributed by atoms with Gasteiger partial charge in [-0.1, -0.05) is 19.1 Å². The van der Waals surface area contributed by atoms with Crippen LogP contribution in [0.5, 0.6) is 0 Å². The second kappa shape index (κ2) is 6.91. The third kappa shape index (κ3) is 3.30. The molecule has 0 spiro atoms. The zero-order valence-electron chi connectivity index (χ0n) is 14.4. The van der Waals surface area contributed by atoms with Gasteiger partial charge in [0.2, 0.25) is 11.8 Å². The number of piperidine rings is 1. The quantitative estimate of drug-likeness (QED) is 0.850. The Morgan fingerprint density at radius 3 is 2.79 bits per heavy atom. The second-order valence-electron chi connectivity index (χ2n) is 7.02. The number of hydrogen-bond acceptors (Lipinski definition) is 2. The number of carbonyl (C=O) groups excluding carboxylic acids is 2. The van der Waals surface area contributed by atoms with Crippen molar-refractivity contribution in [1.29, 1.82) is 0 Å². The number of halogens is 1. The van der Waals surface area contributed by atoms with Gasteiger partial charge in [0.1, 0.15) is 5.82 Å². The highest BCUT2D eigenvalue weighted by Gasteiger charge is 2.41. The summed E-state index contributed by atoms with van der Waals surface area (Å²) in [6, 6.07) is 4.96. The molecule has 130 valence electrons. The molecule has 1 aromatic carbocycles. The molecule has 5 heteroatoms. The van der Waals surface area contributed by atoms with Crippen LogP contribution in [0.25, 0.3) is 0 Å². The summed E-state index contributed by atoms with van der Waals surface area (Å²) in [6.07, 6.45) is 3.07. The summed E-state index contributed by atoms with van der Waals surface area (Å²) in [4.78, 5) is 29.1. The SMILES string of the molecule is CCCN1C(=O)[C@H]2CC[C@@H]1CN(C(=O)Cc1ccc(F)c(C)c1)C2. The van der Waals surface area contributed by atoms with Crippen LogP contribution in [-0.2, 0) is 16.0 Å². The van der Waals surface area contributed by atoms with Crippen LogP contribution in [0.15, 0.2) is 18.2 Å². The van der Waals surface area contributed by atoms with Gasteiger partial charge in [0, 0.05) is 25.7 Å². The minimum Gasteiger partial charge on any atom is -0.340 e. The molecule has 2 bridgehead atoms. The van der Waals surface area contributed by atoms with Crippen LogP contribution in [0.3, 0.4) is 0 Å². The summed E-state index contributed by atoms with van der Waals surface area (Å²) >= 11 is 0. The molecule has 3 aliphatic heterocycles. The first kappa shape index (κ1) is 16.9. The standard InChI is InChI=1S/C19H25FN2O2/c1-3-8-22-16-6-5-15(19(22)24)11-21(12-16)18(23)10-14-4-7-17(20)13(2)9-14/h4,7,9,15-16H,3,5-6,8,10-12H2,1-2H3/t15-,16+/m0/s1. The van der Waals surface area contributed by atoms with Crippen LogP contribution >= 0.6 is 0 Å². The number of carbonyl (C=O) groups is 2. The first-order chi connectivity index (χ1) is 11.5. The van der Waals surface area contributed by atoms with E-state index in [9.17, 15) is 14.0 Å². The Labute approximate surface area is 142 Å². The Balaban J connectivity index is 1.72. The fraction of sp³-hybridized carbons (Fsp3) is 0.579. The number of amides is 2.